The lowest BCUT2D eigenvalue weighted by Gasteiger charge is -2.02. The van der Waals surface area contributed by atoms with Gasteiger partial charge in [-0.05, 0) is 25.1 Å². The molecule has 6 heteroatoms. The molecular weight excluding hydrogens is 286 g/mol. The number of benzene rings is 1. The summed E-state index contributed by atoms with van der Waals surface area (Å²) in [6.45, 7) is 2.29. The third kappa shape index (κ3) is 1.86. The molecule has 0 fully saturated rings. The molecule has 1 aliphatic heterocycles. The van der Waals surface area contributed by atoms with Gasteiger partial charge in [-0.1, -0.05) is 0 Å². The average Bonchev–Trinajstić information content (AvgIpc) is 3.14. The number of fused-ring (bicyclic) bond motifs is 2. The Balaban J connectivity index is 1.91. The zero-order valence-corrected chi connectivity index (χ0v) is 12.1. The van der Waals surface area contributed by atoms with Gasteiger partial charge in [-0.25, -0.2) is 4.98 Å². The van der Waals surface area contributed by atoms with Crippen LogP contribution in [0.25, 0.3) is 16.2 Å². The van der Waals surface area contributed by atoms with Gasteiger partial charge in [0.1, 0.15) is 0 Å². The highest BCUT2D eigenvalue weighted by Gasteiger charge is 2.19. The molecule has 0 unspecified atom stereocenters. The minimum Gasteiger partial charge on any atom is -0.454 e. The van der Waals surface area contributed by atoms with Crippen LogP contribution in [0.15, 0.2) is 24.4 Å². The van der Waals surface area contributed by atoms with Gasteiger partial charge in [-0.2, -0.15) is 5.26 Å². The summed E-state index contributed by atoms with van der Waals surface area (Å²) in [5.74, 6) is 1.47. The topological polar surface area (TPSA) is 59.5 Å². The average molecular weight is 297 g/mol. The van der Waals surface area contributed by atoms with E-state index < -0.39 is 0 Å². The monoisotopic (exact) mass is 297 g/mol. The summed E-state index contributed by atoms with van der Waals surface area (Å²) in [6, 6.07) is 7.97. The predicted molar refractivity (Wildman–Crippen MR) is 78.7 cm³/mol. The standard InChI is InChI=1S/C15H11N3O2S/c1-9-7-18-11(4-5-16)14(17-15(18)21-9)10-2-3-12-13(6-10)20-8-19-12/h2-3,6-7H,4,8H2,1H3. The van der Waals surface area contributed by atoms with Gasteiger partial charge in [0.25, 0.3) is 0 Å². The fourth-order valence-corrected chi connectivity index (χ4v) is 3.36. The Morgan fingerprint density at radius 1 is 1.38 bits per heavy atom. The molecule has 0 saturated carbocycles. The smallest absolute Gasteiger partial charge is 0.231 e. The summed E-state index contributed by atoms with van der Waals surface area (Å²) in [4.78, 5) is 6.76. The largest absolute Gasteiger partial charge is 0.454 e. The van der Waals surface area contributed by atoms with Crippen LogP contribution < -0.4 is 9.47 Å². The first kappa shape index (κ1) is 12.2. The number of ether oxygens (including phenoxy) is 2. The predicted octanol–water partition coefficient (Wildman–Crippen LogP) is 3.17. The molecule has 2 aromatic heterocycles. The highest BCUT2D eigenvalue weighted by Crippen LogP contribution is 2.37. The zero-order chi connectivity index (χ0) is 14.4. The normalized spacial score (nSPS) is 12.8. The minimum absolute atomic E-state index is 0.251. The van der Waals surface area contributed by atoms with Crippen molar-refractivity contribution in [3.63, 3.8) is 0 Å². The molecular formula is C15H11N3O2S. The van der Waals surface area contributed by atoms with Crippen LogP contribution in [0, 0.1) is 18.3 Å². The van der Waals surface area contributed by atoms with Crippen molar-refractivity contribution in [3.8, 4) is 28.8 Å². The fourth-order valence-electron chi connectivity index (χ4n) is 2.52. The summed E-state index contributed by atoms with van der Waals surface area (Å²) in [6.07, 6.45) is 2.34. The Morgan fingerprint density at radius 2 is 2.24 bits per heavy atom. The van der Waals surface area contributed by atoms with Gasteiger partial charge in [0, 0.05) is 16.6 Å². The number of nitriles is 1. The van der Waals surface area contributed by atoms with Crippen molar-refractivity contribution in [2.45, 2.75) is 13.3 Å². The Hall–Kier alpha value is -2.52. The third-order valence-corrected chi connectivity index (χ3v) is 4.33. The van der Waals surface area contributed by atoms with E-state index in [2.05, 4.69) is 11.1 Å². The maximum absolute atomic E-state index is 9.10. The van der Waals surface area contributed by atoms with Gasteiger partial charge < -0.3 is 9.47 Å². The van der Waals surface area contributed by atoms with Crippen LogP contribution in [-0.4, -0.2) is 16.2 Å². The number of rotatable bonds is 2. The van der Waals surface area contributed by atoms with E-state index in [1.54, 1.807) is 11.3 Å². The van der Waals surface area contributed by atoms with E-state index in [0.29, 0.717) is 6.42 Å². The number of aromatic nitrogens is 2. The molecule has 21 heavy (non-hydrogen) atoms. The van der Waals surface area contributed by atoms with Crippen LogP contribution in [0.2, 0.25) is 0 Å². The molecule has 3 aromatic rings. The van der Waals surface area contributed by atoms with E-state index in [1.165, 1.54) is 4.88 Å². The Bertz CT molecular complexity index is 888. The lowest BCUT2D eigenvalue weighted by atomic mass is 10.1. The molecule has 1 aromatic carbocycles. The van der Waals surface area contributed by atoms with Crippen LogP contribution in [0.3, 0.4) is 0 Å². The summed E-state index contributed by atoms with van der Waals surface area (Å²) in [5, 5.41) is 9.10. The van der Waals surface area contributed by atoms with Crippen LogP contribution >= 0.6 is 11.3 Å². The molecule has 104 valence electrons. The second-order valence-corrected chi connectivity index (χ2v) is 6.02. The number of hydrogen-bond acceptors (Lipinski definition) is 5. The van der Waals surface area contributed by atoms with E-state index in [1.807, 2.05) is 35.7 Å². The first-order valence-electron chi connectivity index (χ1n) is 6.50. The summed E-state index contributed by atoms with van der Waals surface area (Å²) < 4.78 is 12.7. The fraction of sp³-hybridized carbons (Fsp3) is 0.200. The lowest BCUT2D eigenvalue weighted by Crippen LogP contribution is -1.93. The molecule has 3 heterocycles. The highest BCUT2D eigenvalue weighted by atomic mass is 32.1. The number of hydrogen-bond donors (Lipinski definition) is 0. The summed E-state index contributed by atoms with van der Waals surface area (Å²) in [7, 11) is 0. The quantitative estimate of drug-likeness (QED) is 0.729. The van der Waals surface area contributed by atoms with Crippen molar-refractivity contribution in [2.24, 2.45) is 0 Å². The van der Waals surface area contributed by atoms with E-state index in [4.69, 9.17) is 14.7 Å². The van der Waals surface area contributed by atoms with Crippen LogP contribution in [0.5, 0.6) is 11.5 Å². The van der Waals surface area contributed by atoms with Crippen molar-refractivity contribution in [1.82, 2.24) is 9.38 Å². The second kappa shape index (κ2) is 4.50. The number of nitrogens with zero attached hydrogens (tertiary/aromatic N) is 3. The minimum atomic E-state index is 0.251. The number of aryl methyl sites for hydroxylation is 1. The van der Waals surface area contributed by atoms with Crippen LogP contribution in [0.1, 0.15) is 10.6 Å². The van der Waals surface area contributed by atoms with Crippen LogP contribution in [0.4, 0.5) is 0 Å². The molecule has 0 aliphatic carbocycles. The number of imidazole rings is 1. The molecule has 0 radical (unpaired) electrons. The van der Waals surface area contributed by atoms with Crippen LogP contribution in [-0.2, 0) is 6.42 Å². The molecule has 0 atom stereocenters. The van der Waals surface area contributed by atoms with Gasteiger partial charge in [-0.3, -0.25) is 4.40 Å². The molecule has 0 amide bonds. The summed E-state index contributed by atoms with van der Waals surface area (Å²) >= 11 is 1.62. The molecule has 0 spiro atoms. The Labute approximate surface area is 125 Å². The van der Waals surface area contributed by atoms with Gasteiger partial charge in [-0.15, -0.1) is 11.3 Å². The Morgan fingerprint density at radius 3 is 3.10 bits per heavy atom. The Kier molecular flexibility index (Phi) is 2.62. The van der Waals surface area contributed by atoms with Crippen molar-refractivity contribution in [2.75, 3.05) is 6.79 Å². The van der Waals surface area contributed by atoms with E-state index in [-0.39, 0.29) is 6.79 Å². The maximum Gasteiger partial charge on any atom is 0.231 e. The molecule has 0 bridgehead atoms. The zero-order valence-electron chi connectivity index (χ0n) is 11.3. The highest BCUT2D eigenvalue weighted by molar-refractivity contribution is 7.17. The molecule has 0 N–H and O–H groups in total. The second-order valence-electron chi connectivity index (χ2n) is 4.80. The van der Waals surface area contributed by atoms with Gasteiger partial charge in [0.05, 0.1) is 23.9 Å². The SMILES string of the molecule is Cc1cn2c(CC#N)c(-c3ccc4c(c3)OCO4)nc2s1. The molecule has 0 saturated heterocycles. The van der Waals surface area contributed by atoms with Crippen molar-refractivity contribution < 1.29 is 9.47 Å². The van der Waals surface area contributed by atoms with E-state index >= 15 is 0 Å². The first-order valence-corrected chi connectivity index (χ1v) is 7.32. The van der Waals surface area contributed by atoms with E-state index in [9.17, 15) is 0 Å². The van der Waals surface area contributed by atoms with Gasteiger partial charge in [0.2, 0.25) is 6.79 Å². The summed E-state index contributed by atoms with van der Waals surface area (Å²) in [5.41, 5.74) is 2.69. The molecule has 4 rings (SSSR count). The maximum atomic E-state index is 9.10. The first-order chi connectivity index (χ1) is 10.3. The lowest BCUT2D eigenvalue weighted by molar-refractivity contribution is 0.174. The van der Waals surface area contributed by atoms with Crippen molar-refractivity contribution in [3.05, 3.63) is 35.0 Å². The van der Waals surface area contributed by atoms with Crippen molar-refractivity contribution >= 4 is 16.3 Å². The molecule has 1 aliphatic rings. The third-order valence-electron chi connectivity index (χ3n) is 3.43. The van der Waals surface area contributed by atoms with Crippen molar-refractivity contribution in [1.29, 1.82) is 5.26 Å². The number of thiazole rings is 1. The molecule has 5 nitrogen and oxygen atoms in total. The van der Waals surface area contributed by atoms with Gasteiger partial charge >= 0.3 is 0 Å². The van der Waals surface area contributed by atoms with Gasteiger partial charge in [0.15, 0.2) is 16.5 Å². The van der Waals surface area contributed by atoms with E-state index in [0.717, 1.165) is 33.4 Å².